The van der Waals surface area contributed by atoms with Gasteiger partial charge in [-0.05, 0) is 38.6 Å². The minimum absolute atomic E-state index is 0.0646. The maximum Gasteiger partial charge on any atom is 0.392 e. The number of rotatable bonds is 5. The minimum atomic E-state index is -4.06. The summed E-state index contributed by atoms with van der Waals surface area (Å²) >= 11 is 0. The van der Waals surface area contributed by atoms with E-state index >= 15 is 0 Å². The average molecular weight is 261 g/mol. The van der Waals surface area contributed by atoms with Gasteiger partial charge in [-0.25, -0.2) is 0 Å². The van der Waals surface area contributed by atoms with Gasteiger partial charge in [0.05, 0.1) is 5.92 Å². The zero-order valence-electron chi connectivity index (χ0n) is 10.9. The van der Waals surface area contributed by atoms with Crippen LogP contribution in [0.3, 0.4) is 0 Å². The third kappa shape index (κ3) is 4.20. The van der Waals surface area contributed by atoms with Gasteiger partial charge in [0, 0.05) is 12.5 Å². The van der Waals surface area contributed by atoms with Gasteiger partial charge in [0.15, 0.2) is 0 Å². The molecule has 0 heterocycles. The number of nitrogens with one attached hydrogen (secondary N) is 1. The lowest BCUT2D eigenvalue weighted by Gasteiger charge is -2.38. The van der Waals surface area contributed by atoms with Crippen molar-refractivity contribution in [2.24, 2.45) is 11.8 Å². The van der Waals surface area contributed by atoms with Crippen LogP contribution in [0.1, 0.15) is 44.9 Å². The van der Waals surface area contributed by atoms with E-state index in [4.69, 9.17) is 6.42 Å². The average Bonchev–Trinajstić information content (AvgIpc) is 2.34. The third-order valence-electron chi connectivity index (χ3n) is 3.96. The van der Waals surface area contributed by atoms with Crippen LogP contribution in [0.5, 0.6) is 0 Å². The van der Waals surface area contributed by atoms with E-state index in [9.17, 15) is 13.2 Å². The first-order chi connectivity index (χ1) is 8.50. The number of hydrogen-bond donors (Lipinski definition) is 1. The fraction of sp³-hybridized carbons (Fsp3) is 0.857. The molecule has 104 valence electrons. The summed E-state index contributed by atoms with van der Waals surface area (Å²) in [5.74, 6) is 1.11. The summed E-state index contributed by atoms with van der Waals surface area (Å²) < 4.78 is 39.0. The number of unbranched alkanes of at least 4 members (excludes halogenated alkanes) is 1. The monoisotopic (exact) mass is 261 g/mol. The van der Waals surface area contributed by atoms with E-state index in [1.54, 1.807) is 7.05 Å². The molecule has 1 rings (SSSR count). The molecule has 1 aliphatic rings. The van der Waals surface area contributed by atoms with Crippen molar-refractivity contribution in [3.8, 4) is 12.3 Å². The zero-order chi connectivity index (χ0) is 13.6. The summed E-state index contributed by atoms with van der Waals surface area (Å²) in [4.78, 5) is 0. The molecule has 1 nitrogen and oxygen atoms in total. The van der Waals surface area contributed by atoms with Crippen LogP contribution < -0.4 is 5.32 Å². The molecule has 1 aliphatic carbocycles. The van der Waals surface area contributed by atoms with Gasteiger partial charge in [0.25, 0.3) is 0 Å². The van der Waals surface area contributed by atoms with Gasteiger partial charge >= 0.3 is 6.18 Å². The Morgan fingerprint density at radius 2 is 2.00 bits per heavy atom. The van der Waals surface area contributed by atoms with Crippen LogP contribution in [-0.2, 0) is 0 Å². The zero-order valence-corrected chi connectivity index (χ0v) is 10.9. The quantitative estimate of drug-likeness (QED) is 0.587. The number of hydrogen-bond acceptors (Lipinski definition) is 1. The summed E-state index contributed by atoms with van der Waals surface area (Å²) in [6.07, 6.45) is 5.84. The van der Waals surface area contributed by atoms with E-state index in [1.165, 1.54) is 0 Å². The van der Waals surface area contributed by atoms with Gasteiger partial charge in [-0.1, -0.05) is 12.8 Å². The highest BCUT2D eigenvalue weighted by Gasteiger charge is 2.47. The highest BCUT2D eigenvalue weighted by Crippen LogP contribution is 2.43. The largest absolute Gasteiger partial charge is 0.392 e. The predicted molar refractivity (Wildman–Crippen MR) is 67.0 cm³/mol. The van der Waals surface area contributed by atoms with Crippen molar-refractivity contribution in [3.05, 3.63) is 0 Å². The van der Waals surface area contributed by atoms with Crippen molar-refractivity contribution in [1.82, 2.24) is 5.32 Å². The lowest BCUT2D eigenvalue weighted by molar-refractivity contribution is -0.199. The topological polar surface area (TPSA) is 12.0 Å². The first kappa shape index (κ1) is 15.4. The Morgan fingerprint density at radius 3 is 2.56 bits per heavy atom. The molecule has 0 saturated heterocycles. The second-order valence-electron chi connectivity index (χ2n) is 5.09. The lowest BCUT2D eigenvalue weighted by atomic mass is 9.73. The van der Waals surface area contributed by atoms with E-state index in [0.29, 0.717) is 19.3 Å². The first-order valence-electron chi connectivity index (χ1n) is 6.68. The Balaban J connectivity index is 2.65. The second-order valence-corrected chi connectivity index (χ2v) is 5.09. The molecule has 1 N–H and O–H groups in total. The molecule has 0 aliphatic heterocycles. The van der Waals surface area contributed by atoms with Crippen LogP contribution in [0.15, 0.2) is 0 Å². The molecule has 1 saturated carbocycles. The van der Waals surface area contributed by atoms with Gasteiger partial charge < -0.3 is 5.32 Å². The Hall–Kier alpha value is -0.690. The van der Waals surface area contributed by atoms with E-state index in [-0.39, 0.29) is 18.4 Å². The van der Waals surface area contributed by atoms with E-state index < -0.39 is 12.1 Å². The van der Waals surface area contributed by atoms with Gasteiger partial charge in [-0.2, -0.15) is 13.2 Å². The molecule has 1 fully saturated rings. The highest BCUT2D eigenvalue weighted by molar-refractivity contribution is 4.89. The third-order valence-corrected chi connectivity index (χ3v) is 3.96. The van der Waals surface area contributed by atoms with Gasteiger partial charge in [-0.15, -0.1) is 12.3 Å². The molecule has 0 radical (unpaired) electrons. The van der Waals surface area contributed by atoms with Crippen LogP contribution in [0, 0.1) is 24.2 Å². The Morgan fingerprint density at radius 1 is 1.33 bits per heavy atom. The molecule has 0 amide bonds. The molecule has 4 heteroatoms. The molecule has 3 unspecified atom stereocenters. The Kier molecular flexibility index (Phi) is 6.01. The van der Waals surface area contributed by atoms with Crippen LogP contribution in [0.2, 0.25) is 0 Å². The van der Waals surface area contributed by atoms with Crippen molar-refractivity contribution in [3.63, 3.8) is 0 Å². The predicted octanol–water partition coefficient (Wildman–Crippen LogP) is 3.75. The summed E-state index contributed by atoms with van der Waals surface area (Å²) in [6.45, 7) is 0. The number of alkyl halides is 3. The van der Waals surface area contributed by atoms with Crippen LogP contribution in [0.4, 0.5) is 13.2 Å². The Labute approximate surface area is 108 Å². The van der Waals surface area contributed by atoms with Gasteiger partial charge in [-0.3, -0.25) is 0 Å². The van der Waals surface area contributed by atoms with Crippen molar-refractivity contribution in [2.45, 2.75) is 57.2 Å². The van der Waals surface area contributed by atoms with E-state index in [1.807, 2.05) is 0 Å². The number of halogens is 3. The first-order valence-corrected chi connectivity index (χ1v) is 6.68. The summed E-state index contributed by atoms with van der Waals surface area (Å²) in [5.41, 5.74) is 0. The summed E-state index contributed by atoms with van der Waals surface area (Å²) in [7, 11) is 1.75. The molecule has 0 bridgehead atoms. The molecular formula is C14H22F3N. The maximum atomic E-state index is 13.0. The molecule has 0 spiro atoms. The Bertz CT molecular complexity index is 280. The lowest BCUT2D eigenvalue weighted by Crippen LogP contribution is -2.44. The molecular weight excluding hydrogens is 239 g/mol. The number of terminal acetylenes is 1. The van der Waals surface area contributed by atoms with Crippen molar-refractivity contribution < 1.29 is 13.2 Å². The summed E-state index contributed by atoms with van der Waals surface area (Å²) in [5, 5.41) is 3.06. The van der Waals surface area contributed by atoms with E-state index in [2.05, 4.69) is 11.2 Å². The van der Waals surface area contributed by atoms with E-state index in [0.717, 1.165) is 19.3 Å². The van der Waals surface area contributed by atoms with Gasteiger partial charge in [0.2, 0.25) is 0 Å². The van der Waals surface area contributed by atoms with Crippen LogP contribution >= 0.6 is 0 Å². The van der Waals surface area contributed by atoms with Gasteiger partial charge in [0.1, 0.15) is 0 Å². The molecule has 0 aromatic carbocycles. The minimum Gasteiger partial charge on any atom is -0.317 e. The molecule has 0 aromatic rings. The van der Waals surface area contributed by atoms with Crippen molar-refractivity contribution in [1.29, 1.82) is 0 Å². The maximum absolute atomic E-state index is 13.0. The molecule has 0 aromatic heterocycles. The smallest absolute Gasteiger partial charge is 0.317 e. The fourth-order valence-electron chi connectivity index (χ4n) is 3.04. The normalized spacial score (nSPS) is 26.6. The summed E-state index contributed by atoms with van der Waals surface area (Å²) in [6, 6.07) is -0.0646. The fourth-order valence-corrected chi connectivity index (χ4v) is 3.04. The SMILES string of the molecule is C#CCCCC(NC)C1CCCCC1C(F)(F)F. The second kappa shape index (κ2) is 7.04. The van der Waals surface area contributed by atoms with Crippen molar-refractivity contribution in [2.75, 3.05) is 7.05 Å². The molecule has 3 atom stereocenters. The van der Waals surface area contributed by atoms with Crippen LogP contribution in [-0.4, -0.2) is 19.3 Å². The van der Waals surface area contributed by atoms with Crippen molar-refractivity contribution >= 4 is 0 Å². The molecule has 18 heavy (non-hydrogen) atoms. The highest BCUT2D eigenvalue weighted by atomic mass is 19.4. The van der Waals surface area contributed by atoms with Crippen LogP contribution in [0.25, 0.3) is 0 Å². The standard InChI is InChI=1S/C14H22F3N/c1-3-4-5-10-13(18-2)11-8-6-7-9-12(11)14(15,16)17/h1,11-13,18H,4-10H2,2H3.